The van der Waals surface area contributed by atoms with Crippen molar-refractivity contribution in [3.8, 4) is 11.5 Å². The first-order valence-electron chi connectivity index (χ1n) is 13.3. The van der Waals surface area contributed by atoms with Gasteiger partial charge in [-0.15, -0.1) is 0 Å². The van der Waals surface area contributed by atoms with Crippen LogP contribution in [0.25, 0.3) is 0 Å². The van der Waals surface area contributed by atoms with Gasteiger partial charge in [0.05, 0.1) is 14.2 Å². The lowest BCUT2D eigenvalue weighted by molar-refractivity contribution is 0.0664. The van der Waals surface area contributed by atoms with Gasteiger partial charge in [-0.2, -0.15) is 0 Å². The molecule has 39 heavy (non-hydrogen) atoms. The molecule has 0 unspecified atom stereocenters. The normalized spacial score (nSPS) is 13.8. The number of thioether (sulfide) groups is 1. The highest BCUT2D eigenvalue weighted by Gasteiger charge is 2.20. The van der Waals surface area contributed by atoms with Crippen molar-refractivity contribution in [3.05, 3.63) is 70.4 Å². The summed E-state index contributed by atoms with van der Waals surface area (Å²) < 4.78 is 10.8. The van der Waals surface area contributed by atoms with Crippen LogP contribution in [0.15, 0.2) is 47.6 Å². The molecule has 208 valence electrons. The topological polar surface area (TPSA) is 71.0 Å². The summed E-state index contributed by atoms with van der Waals surface area (Å²) in [6, 6.07) is 14.0. The number of amides is 1. The predicted molar refractivity (Wildman–Crippen MR) is 157 cm³/mol. The first-order chi connectivity index (χ1) is 18.8. The highest BCUT2D eigenvalue weighted by molar-refractivity contribution is 7.98. The molecule has 3 aromatic rings. The van der Waals surface area contributed by atoms with Crippen molar-refractivity contribution in [2.75, 3.05) is 65.9 Å². The van der Waals surface area contributed by atoms with Crippen molar-refractivity contribution in [2.45, 2.75) is 31.2 Å². The quantitative estimate of drug-likeness (QED) is 0.271. The van der Waals surface area contributed by atoms with E-state index in [1.165, 1.54) is 5.56 Å². The van der Waals surface area contributed by atoms with Crippen LogP contribution in [-0.2, 0) is 12.2 Å². The van der Waals surface area contributed by atoms with Crippen LogP contribution in [-0.4, -0.2) is 86.7 Å². The number of methoxy groups -OCH3 is 2. The van der Waals surface area contributed by atoms with Gasteiger partial charge >= 0.3 is 0 Å². The molecule has 1 amide bonds. The molecule has 1 fully saturated rings. The van der Waals surface area contributed by atoms with E-state index in [4.69, 9.17) is 19.4 Å². The van der Waals surface area contributed by atoms with Gasteiger partial charge in [0.1, 0.15) is 5.82 Å². The van der Waals surface area contributed by atoms with Crippen molar-refractivity contribution < 1.29 is 14.3 Å². The molecule has 2 aromatic carbocycles. The number of carbonyl (C=O) groups is 1. The maximum Gasteiger partial charge on any atom is 0.253 e. The van der Waals surface area contributed by atoms with Crippen LogP contribution in [0.4, 0.5) is 5.82 Å². The number of rotatable bonds is 10. The van der Waals surface area contributed by atoms with Gasteiger partial charge in [-0.3, -0.25) is 4.79 Å². The van der Waals surface area contributed by atoms with Crippen LogP contribution in [0, 0.1) is 13.8 Å². The number of hydrogen-bond acceptors (Lipinski definition) is 8. The standard InChI is InChI=1S/C30H39N5O3S/c1-21-22(2)31-30(32-28(21)34(4)14-13-23-9-12-26(37-5)27(19-23)38-6)39-20-24-7-10-25(11-8-24)29(36)35-17-15-33(3)16-18-35/h7-12,19H,13-18,20H2,1-6H3. The van der Waals surface area contributed by atoms with Gasteiger partial charge in [0, 0.05) is 62.3 Å². The van der Waals surface area contributed by atoms with Gasteiger partial charge in [0.2, 0.25) is 0 Å². The summed E-state index contributed by atoms with van der Waals surface area (Å²) in [5, 5.41) is 0.753. The molecule has 0 saturated carbocycles. The molecule has 1 aliphatic heterocycles. The third kappa shape index (κ3) is 7.22. The number of piperazine rings is 1. The zero-order valence-corrected chi connectivity index (χ0v) is 24.7. The fourth-order valence-corrected chi connectivity index (χ4v) is 5.39. The largest absolute Gasteiger partial charge is 0.493 e. The fraction of sp³-hybridized carbons (Fsp3) is 0.433. The lowest BCUT2D eigenvalue weighted by Gasteiger charge is -2.32. The Balaban J connectivity index is 1.37. The maximum atomic E-state index is 12.8. The van der Waals surface area contributed by atoms with E-state index in [1.54, 1.807) is 26.0 Å². The molecule has 4 rings (SSSR count). The number of hydrogen-bond donors (Lipinski definition) is 0. The van der Waals surface area contributed by atoms with Crippen molar-refractivity contribution in [2.24, 2.45) is 0 Å². The smallest absolute Gasteiger partial charge is 0.253 e. The lowest BCUT2D eigenvalue weighted by atomic mass is 10.1. The monoisotopic (exact) mass is 549 g/mol. The minimum absolute atomic E-state index is 0.112. The molecular weight excluding hydrogens is 510 g/mol. The Labute approximate surface area is 236 Å². The molecule has 8 nitrogen and oxygen atoms in total. The summed E-state index contributed by atoms with van der Waals surface area (Å²) in [4.78, 5) is 28.8. The van der Waals surface area contributed by atoms with E-state index in [0.717, 1.165) is 89.8 Å². The summed E-state index contributed by atoms with van der Waals surface area (Å²) >= 11 is 1.61. The molecule has 0 radical (unpaired) electrons. The Kier molecular flexibility index (Phi) is 9.69. The third-order valence-corrected chi connectivity index (χ3v) is 8.17. The van der Waals surface area contributed by atoms with E-state index >= 15 is 0 Å². The van der Waals surface area contributed by atoms with Crippen molar-refractivity contribution >= 4 is 23.5 Å². The second-order valence-electron chi connectivity index (χ2n) is 9.98. The Bertz CT molecular complexity index is 1280. The van der Waals surface area contributed by atoms with Gasteiger partial charge < -0.3 is 24.2 Å². The third-order valence-electron chi connectivity index (χ3n) is 7.25. The van der Waals surface area contributed by atoms with Gasteiger partial charge in [-0.05, 0) is 62.7 Å². The summed E-state index contributed by atoms with van der Waals surface area (Å²) in [6.45, 7) is 8.31. The molecule has 1 saturated heterocycles. The molecule has 0 aliphatic carbocycles. The van der Waals surface area contributed by atoms with Crippen LogP contribution in [0.5, 0.6) is 11.5 Å². The first-order valence-corrected chi connectivity index (χ1v) is 14.2. The van der Waals surface area contributed by atoms with Crippen LogP contribution in [0.2, 0.25) is 0 Å². The average Bonchev–Trinajstić information content (AvgIpc) is 2.96. The van der Waals surface area contributed by atoms with Gasteiger partial charge in [-0.1, -0.05) is 30.0 Å². The van der Waals surface area contributed by atoms with E-state index in [2.05, 4.69) is 36.9 Å². The number of benzene rings is 2. The molecule has 0 bridgehead atoms. The van der Waals surface area contributed by atoms with E-state index in [1.807, 2.05) is 48.2 Å². The predicted octanol–water partition coefficient (Wildman–Crippen LogP) is 4.47. The summed E-state index contributed by atoms with van der Waals surface area (Å²) in [6.07, 6.45) is 0.848. The van der Waals surface area contributed by atoms with E-state index in [0.29, 0.717) is 0 Å². The SMILES string of the molecule is COc1ccc(CCN(C)c2nc(SCc3ccc(C(=O)N4CCN(C)CC4)cc3)nc(C)c2C)cc1OC. The van der Waals surface area contributed by atoms with Gasteiger partial charge in [0.25, 0.3) is 5.91 Å². The highest BCUT2D eigenvalue weighted by Crippen LogP contribution is 2.29. The molecule has 9 heteroatoms. The summed E-state index contributed by atoms with van der Waals surface area (Å²) in [5.41, 5.74) is 5.12. The number of nitrogens with zero attached hydrogens (tertiary/aromatic N) is 5. The number of ether oxygens (including phenoxy) is 2. The van der Waals surface area contributed by atoms with Crippen LogP contribution < -0.4 is 14.4 Å². The summed E-state index contributed by atoms with van der Waals surface area (Å²) in [5.74, 6) is 3.26. The zero-order chi connectivity index (χ0) is 27.9. The number of likely N-dealkylation sites (N-methyl/N-ethyl adjacent to an activating group) is 2. The zero-order valence-electron chi connectivity index (χ0n) is 23.9. The molecule has 2 heterocycles. The first kappa shape index (κ1) is 28.7. The van der Waals surface area contributed by atoms with Crippen molar-refractivity contribution in [1.82, 2.24) is 19.8 Å². The van der Waals surface area contributed by atoms with Crippen LogP contribution in [0.1, 0.15) is 32.7 Å². The molecule has 0 spiro atoms. The average molecular weight is 550 g/mol. The Morgan fingerprint density at radius 1 is 0.949 bits per heavy atom. The Morgan fingerprint density at radius 3 is 2.28 bits per heavy atom. The van der Waals surface area contributed by atoms with Gasteiger partial charge in [0.15, 0.2) is 16.7 Å². The fourth-order valence-electron chi connectivity index (χ4n) is 4.55. The van der Waals surface area contributed by atoms with Gasteiger partial charge in [-0.25, -0.2) is 9.97 Å². The van der Waals surface area contributed by atoms with Crippen LogP contribution >= 0.6 is 11.8 Å². The second kappa shape index (κ2) is 13.2. The number of anilines is 1. The number of carbonyl (C=O) groups excluding carboxylic acids is 1. The van der Waals surface area contributed by atoms with E-state index in [-0.39, 0.29) is 5.91 Å². The summed E-state index contributed by atoms with van der Waals surface area (Å²) in [7, 11) is 7.46. The molecule has 0 N–H and O–H groups in total. The maximum absolute atomic E-state index is 12.8. The van der Waals surface area contributed by atoms with E-state index < -0.39 is 0 Å². The number of aryl methyl sites for hydroxylation is 1. The number of aromatic nitrogens is 2. The molecule has 0 atom stereocenters. The van der Waals surface area contributed by atoms with E-state index in [9.17, 15) is 4.79 Å². The minimum Gasteiger partial charge on any atom is -0.493 e. The molecular formula is C30H39N5O3S. The lowest BCUT2D eigenvalue weighted by Crippen LogP contribution is -2.47. The molecule has 1 aliphatic rings. The van der Waals surface area contributed by atoms with Crippen molar-refractivity contribution in [1.29, 1.82) is 0 Å². The molecule has 1 aromatic heterocycles. The van der Waals surface area contributed by atoms with Crippen molar-refractivity contribution in [3.63, 3.8) is 0 Å². The Morgan fingerprint density at radius 2 is 1.62 bits per heavy atom. The Hall–Kier alpha value is -3.30. The highest BCUT2D eigenvalue weighted by atomic mass is 32.2. The second-order valence-corrected chi connectivity index (χ2v) is 10.9. The van der Waals surface area contributed by atoms with Crippen LogP contribution in [0.3, 0.4) is 0 Å². The minimum atomic E-state index is 0.112.